The monoisotopic (exact) mass is 558 g/mol. The number of benzene rings is 3. The van der Waals surface area contributed by atoms with Crippen LogP contribution < -0.4 is 19.7 Å². The SMILES string of the molecule is CC(C)CN(C)c1ccc(Oc2ccc3nc(COc4ccc(CC5(C)SC(=O)NC5=O)cc4)n(C)c3c2)cc1. The molecule has 2 heterocycles. The van der Waals surface area contributed by atoms with Gasteiger partial charge >= 0.3 is 0 Å². The molecule has 40 heavy (non-hydrogen) atoms. The topological polar surface area (TPSA) is 85.7 Å². The first-order valence-electron chi connectivity index (χ1n) is 13.3. The van der Waals surface area contributed by atoms with E-state index in [2.05, 4.69) is 43.2 Å². The minimum Gasteiger partial charge on any atom is -0.486 e. The van der Waals surface area contributed by atoms with E-state index in [-0.39, 0.29) is 11.1 Å². The normalized spacial score (nSPS) is 16.9. The zero-order valence-corrected chi connectivity index (χ0v) is 24.2. The van der Waals surface area contributed by atoms with Crippen LogP contribution in [0.1, 0.15) is 32.2 Å². The standard InChI is InChI=1S/C31H34N4O4S/c1-20(2)18-34(4)22-8-12-24(13-9-22)39-25-14-15-26-27(16-25)35(5)28(32-26)19-38-23-10-6-21(7-11-23)17-31(3)29(36)33-30(37)40-31/h6-16,20H,17-19H2,1-5H3,(H,33,36,37). The van der Waals surface area contributed by atoms with Gasteiger partial charge in [-0.15, -0.1) is 0 Å². The van der Waals surface area contributed by atoms with E-state index in [9.17, 15) is 9.59 Å². The third kappa shape index (κ3) is 6.09. The Morgan fingerprint density at radius 3 is 2.33 bits per heavy atom. The number of fused-ring (bicyclic) bond motifs is 1. The first-order chi connectivity index (χ1) is 19.1. The molecule has 1 aromatic heterocycles. The van der Waals surface area contributed by atoms with E-state index < -0.39 is 4.75 Å². The summed E-state index contributed by atoms with van der Waals surface area (Å²) in [5.41, 5.74) is 3.94. The molecular formula is C31H34N4O4S. The van der Waals surface area contributed by atoms with E-state index in [0.717, 1.165) is 57.9 Å². The van der Waals surface area contributed by atoms with Crippen LogP contribution in [-0.2, 0) is 24.9 Å². The number of imidazole rings is 1. The molecule has 2 amide bonds. The Labute approximate surface area is 238 Å². The van der Waals surface area contributed by atoms with Gasteiger partial charge in [0.1, 0.15) is 34.4 Å². The van der Waals surface area contributed by atoms with Gasteiger partial charge in [-0.3, -0.25) is 14.9 Å². The molecule has 0 spiro atoms. The van der Waals surface area contributed by atoms with Crippen LogP contribution in [0.4, 0.5) is 10.5 Å². The summed E-state index contributed by atoms with van der Waals surface area (Å²) in [7, 11) is 4.07. The number of hydrogen-bond acceptors (Lipinski definition) is 7. The Bertz CT molecular complexity index is 1530. The van der Waals surface area contributed by atoms with Crippen molar-refractivity contribution in [3.63, 3.8) is 0 Å². The fourth-order valence-electron chi connectivity index (χ4n) is 4.83. The second kappa shape index (κ2) is 11.3. The van der Waals surface area contributed by atoms with Crippen molar-refractivity contribution in [2.75, 3.05) is 18.5 Å². The molecule has 0 aliphatic carbocycles. The highest BCUT2D eigenvalue weighted by Crippen LogP contribution is 2.35. The Kier molecular flexibility index (Phi) is 7.76. The highest BCUT2D eigenvalue weighted by atomic mass is 32.2. The molecule has 0 radical (unpaired) electrons. The average molecular weight is 559 g/mol. The number of aryl methyl sites for hydroxylation is 1. The van der Waals surface area contributed by atoms with Crippen LogP contribution >= 0.6 is 11.8 Å². The van der Waals surface area contributed by atoms with Gasteiger partial charge in [0.2, 0.25) is 5.91 Å². The average Bonchev–Trinajstić information content (AvgIpc) is 3.36. The quantitative estimate of drug-likeness (QED) is 0.244. The molecular weight excluding hydrogens is 524 g/mol. The molecule has 0 bridgehead atoms. The third-order valence-corrected chi connectivity index (χ3v) is 8.01. The number of carbonyl (C=O) groups is 2. The fourth-order valence-corrected chi connectivity index (χ4v) is 5.76. The molecule has 208 valence electrons. The summed E-state index contributed by atoms with van der Waals surface area (Å²) in [6.07, 6.45) is 0.462. The molecule has 9 heteroatoms. The highest BCUT2D eigenvalue weighted by molar-refractivity contribution is 8.16. The van der Waals surface area contributed by atoms with Crippen molar-refractivity contribution in [2.45, 2.75) is 38.5 Å². The van der Waals surface area contributed by atoms with Crippen molar-refractivity contribution in [3.05, 3.63) is 78.1 Å². The summed E-state index contributed by atoms with van der Waals surface area (Å²) in [5, 5.41) is 2.06. The molecule has 1 saturated heterocycles. The minimum absolute atomic E-state index is 0.249. The maximum Gasteiger partial charge on any atom is 0.286 e. The van der Waals surface area contributed by atoms with Gasteiger partial charge in [-0.05, 0) is 85.1 Å². The van der Waals surface area contributed by atoms with Gasteiger partial charge < -0.3 is 18.9 Å². The molecule has 1 fully saturated rings. The maximum atomic E-state index is 12.1. The number of nitrogens with zero attached hydrogens (tertiary/aromatic N) is 3. The van der Waals surface area contributed by atoms with Crippen LogP contribution in [0.5, 0.6) is 17.2 Å². The van der Waals surface area contributed by atoms with Gasteiger partial charge in [-0.25, -0.2) is 4.98 Å². The molecule has 5 rings (SSSR count). The predicted molar refractivity (Wildman–Crippen MR) is 159 cm³/mol. The molecule has 1 unspecified atom stereocenters. The smallest absolute Gasteiger partial charge is 0.286 e. The number of rotatable bonds is 10. The molecule has 1 aliphatic rings. The van der Waals surface area contributed by atoms with E-state index in [1.165, 1.54) is 0 Å². The number of amides is 2. The number of nitrogens with one attached hydrogen (secondary N) is 1. The van der Waals surface area contributed by atoms with Crippen molar-refractivity contribution >= 4 is 39.6 Å². The number of anilines is 1. The third-order valence-electron chi connectivity index (χ3n) is 6.94. The van der Waals surface area contributed by atoms with E-state index in [0.29, 0.717) is 24.7 Å². The fraction of sp³-hybridized carbons (Fsp3) is 0.323. The van der Waals surface area contributed by atoms with Crippen LogP contribution in [0.2, 0.25) is 0 Å². The van der Waals surface area contributed by atoms with Gasteiger partial charge in [-0.2, -0.15) is 0 Å². The second-order valence-electron chi connectivity index (χ2n) is 10.8. The minimum atomic E-state index is -0.789. The summed E-state index contributed by atoms with van der Waals surface area (Å²) in [6, 6.07) is 21.6. The maximum absolute atomic E-state index is 12.1. The van der Waals surface area contributed by atoms with Crippen LogP contribution in [-0.4, -0.2) is 39.0 Å². The summed E-state index contributed by atoms with van der Waals surface area (Å²) < 4.78 is 13.4. The predicted octanol–water partition coefficient (Wildman–Crippen LogP) is 6.32. The Morgan fingerprint density at radius 2 is 1.68 bits per heavy atom. The lowest BCUT2D eigenvalue weighted by Gasteiger charge is -2.21. The Balaban J connectivity index is 1.21. The van der Waals surface area contributed by atoms with Gasteiger partial charge in [-0.1, -0.05) is 26.0 Å². The first-order valence-corrected chi connectivity index (χ1v) is 14.1. The Morgan fingerprint density at radius 1 is 1.00 bits per heavy atom. The van der Waals surface area contributed by atoms with Crippen LogP contribution in [0.3, 0.4) is 0 Å². The van der Waals surface area contributed by atoms with Crippen molar-refractivity contribution in [1.82, 2.24) is 14.9 Å². The molecule has 4 aromatic rings. The van der Waals surface area contributed by atoms with E-state index in [1.54, 1.807) is 6.92 Å². The molecule has 1 N–H and O–H groups in total. The molecule has 3 aromatic carbocycles. The van der Waals surface area contributed by atoms with Crippen molar-refractivity contribution < 1.29 is 19.1 Å². The lowest BCUT2D eigenvalue weighted by atomic mass is 9.99. The summed E-state index contributed by atoms with van der Waals surface area (Å²) in [6.45, 7) is 7.51. The number of carbonyl (C=O) groups excluding carboxylic acids is 2. The van der Waals surface area contributed by atoms with E-state index >= 15 is 0 Å². The summed E-state index contributed by atoms with van der Waals surface area (Å²) >= 11 is 1.04. The zero-order chi connectivity index (χ0) is 28.4. The number of imide groups is 1. The lowest BCUT2D eigenvalue weighted by molar-refractivity contribution is -0.121. The first kappa shape index (κ1) is 27.6. The van der Waals surface area contributed by atoms with E-state index in [4.69, 9.17) is 14.5 Å². The van der Waals surface area contributed by atoms with Crippen molar-refractivity contribution in [3.8, 4) is 17.2 Å². The van der Waals surface area contributed by atoms with Gasteiger partial charge in [0.15, 0.2) is 0 Å². The molecule has 8 nitrogen and oxygen atoms in total. The highest BCUT2D eigenvalue weighted by Gasteiger charge is 2.43. The van der Waals surface area contributed by atoms with Crippen molar-refractivity contribution in [1.29, 1.82) is 0 Å². The number of thioether (sulfide) groups is 1. The number of aromatic nitrogens is 2. The number of hydrogen-bond donors (Lipinski definition) is 1. The second-order valence-corrected chi connectivity index (χ2v) is 12.3. The summed E-state index contributed by atoms with van der Waals surface area (Å²) in [5.74, 6) is 3.36. The van der Waals surface area contributed by atoms with Crippen LogP contribution in [0.25, 0.3) is 11.0 Å². The Hall–Kier alpha value is -3.98. The van der Waals surface area contributed by atoms with Gasteiger partial charge in [0.05, 0.1) is 11.0 Å². The molecule has 1 atom stereocenters. The lowest BCUT2D eigenvalue weighted by Crippen LogP contribution is -2.35. The van der Waals surface area contributed by atoms with E-state index in [1.807, 2.05) is 66.2 Å². The zero-order valence-electron chi connectivity index (χ0n) is 23.4. The number of ether oxygens (including phenoxy) is 2. The molecule has 1 aliphatic heterocycles. The summed E-state index contributed by atoms with van der Waals surface area (Å²) in [4.78, 5) is 30.7. The largest absolute Gasteiger partial charge is 0.486 e. The van der Waals surface area contributed by atoms with Crippen molar-refractivity contribution in [2.24, 2.45) is 13.0 Å². The van der Waals surface area contributed by atoms with Gasteiger partial charge in [0.25, 0.3) is 5.24 Å². The van der Waals surface area contributed by atoms with Crippen LogP contribution in [0, 0.1) is 5.92 Å². The molecule has 0 saturated carbocycles. The van der Waals surface area contributed by atoms with Gasteiger partial charge in [0, 0.05) is 32.4 Å². The van der Waals surface area contributed by atoms with Crippen LogP contribution in [0.15, 0.2) is 66.7 Å².